The van der Waals surface area contributed by atoms with E-state index in [0.717, 1.165) is 17.0 Å². The van der Waals surface area contributed by atoms with E-state index in [9.17, 15) is 9.18 Å². The topological polar surface area (TPSA) is 77.9 Å². The molecule has 0 saturated heterocycles. The minimum Gasteiger partial charge on any atom is -0.496 e. The monoisotopic (exact) mass is 402 g/mol. The number of ether oxygens (including phenoxy) is 3. The van der Waals surface area contributed by atoms with E-state index in [-0.39, 0.29) is 11.4 Å². The minimum atomic E-state index is -0.311. The zero-order valence-electron chi connectivity index (χ0n) is 17.0. The second-order valence-corrected chi connectivity index (χ2v) is 6.65. The number of benzene rings is 2. The van der Waals surface area contributed by atoms with Crippen LogP contribution in [0.4, 0.5) is 4.39 Å². The standard InChI is InChI=1S/C21H24FN3O4/c1-5-25(11-13-8-14(22)6-7-17(13)27-2)12-20-23-16-10-19(29-4)18(28-3)9-15(16)21(26)24-20/h6-10H,5,11-12H2,1-4H3,(H,23,24,26)/p+1. The number of nitrogens with one attached hydrogen (secondary N) is 2. The van der Waals surface area contributed by atoms with Gasteiger partial charge in [-0.25, -0.2) is 9.37 Å². The molecule has 0 spiro atoms. The zero-order valence-corrected chi connectivity index (χ0v) is 17.0. The Morgan fingerprint density at radius 1 is 1.00 bits per heavy atom. The second-order valence-electron chi connectivity index (χ2n) is 6.65. The zero-order chi connectivity index (χ0) is 21.0. The quantitative estimate of drug-likeness (QED) is 0.600. The van der Waals surface area contributed by atoms with E-state index in [1.165, 1.54) is 26.4 Å². The van der Waals surface area contributed by atoms with Crippen molar-refractivity contribution in [3.8, 4) is 17.2 Å². The molecule has 1 heterocycles. The number of hydrogen-bond donors (Lipinski definition) is 2. The third kappa shape index (κ3) is 4.48. The number of halogens is 1. The third-order valence-electron chi connectivity index (χ3n) is 4.86. The molecule has 0 bridgehead atoms. The van der Waals surface area contributed by atoms with Gasteiger partial charge in [0.05, 0.1) is 44.3 Å². The van der Waals surface area contributed by atoms with Crippen LogP contribution in [-0.2, 0) is 13.1 Å². The highest BCUT2D eigenvalue weighted by atomic mass is 19.1. The van der Waals surface area contributed by atoms with Gasteiger partial charge < -0.3 is 24.1 Å². The molecule has 0 saturated carbocycles. The van der Waals surface area contributed by atoms with Gasteiger partial charge in [0.2, 0.25) is 0 Å². The molecule has 8 heteroatoms. The Morgan fingerprint density at radius 2 is 1.69 bits per heavy atom. The largest absolute Gasteiger partial charge is 0.496 e. The number of methoxy groups -OCH3 is 3. The van der Waals surface area contributed by atoms with Gasteiger partial charge in [0.15, 0.2) is 17.3 Å². The molecular weight excluding hydrogens is 377 g/mol. The molecule has 1 unspecified atom stereocenters. The minimum absolute atomic E-state index is 0.246. The molecule has 154 valence electrons. The van der Waals surface area contributed by atoms with Crippen LogP contribution < -0.4 is 24.7 Å². The summed E-state index contributed by atoms with van der Waals surface area (Å²) in [7, 11) is 4.61. The highest BCUT2D eigenvalue weighted by Gasteiger charge is 2.16. The van der Waals surface area contributed by atoms with Crippen molar-refractivity contribution >= 4 is 10.9 Å². The number of fused-ring (bicyclic) bond motifs is 1. The summed E-state index contributed by atoms with van der Waals surface area (Å²) in [6.45, 7) is 3.78. The summed E-state index contributed by atoms with van der Waals surface area (Å²) in [5, 5.41) is 0.427. The highest BCUT2D eigenvalue weighted by molar-refractivity contribution is 5.81. The molecule has 0 radical (unpaired) electrons. The number of hydrogen-bond acceptors (Lipinski definition) is 5. The number of rotatable bonds is 8. The van der Waals surface area contributed by atoms with Crippen molar-refractivity contribution in [2.45, 2.75) is 20.0 Å². The summed E-state index contributed by atoms with van der Waals surface area (Å²) in [4.78, 5) is 21.1. The highest BCUT2D eigenvalue weighted by Crippen LogP contribution is 2.29. The normalized spacial score (nSPS) is 12.0. The van der Waals surface area contributed by atoms with Gasteiger partial charge in [-0.05, 0) is 31.2 Å². The van der Waals surface area contributed by atoms with Crippen LogP contribution >= 0.6 is 0 Å². The first-order valence-corrected chi connectivity index (χ1v) is 9.30. The van der Waals surface area contributed by atoms with Gasteiger partial charge in [-0.15, -0.1) is 0 Å². The predicted octanol–water partition coefficient (Wildman–Crippen LogP) is 1.69. The van der Waals surface area contributed by atoms with Gasteiger partial charge in [-0.2, -0.15) is 0 Å². The average molecular weight is 402 g/mol. The van der Waals surface area contributed by atoms with E-state index in [0.29, 0.717) is 47.1 Å². The summed E-state index contributed by atoms with van der Waals surface area (Å²) in [6, 6.07) is 7.77. The lowest BCUT2D eigenvalue weighted by Crippen LogP contribution is -3.09. The lowest BCUT2D eigenvalue weighted by Gasteiger charge is -2.19. The van der Waals surface area contributed by atoms with Crippen LogP contribution in [0, 0.1) is 5.82 Å². The van der Waals surface area contributed by atoms with E-state index < -0.39 is 0 Å². The smallest absolute Gasteiger partial charge is 0.259 e. The Labute approximate surface area is 168 Å². The van der Waals surface area contributed by atoms with Crippen molar-refractivity contribution in [2.75, 3.05) is 27.9 Å². The summed E-state index contributed by atoms with van der Waals surface area (Å²) in [5.74, 6) is 1.85. The first-order chi connectivity index (χ1) is 14.0. The lowest BCUT2D eigenvalue weighted by molar-refractivity contribution is -0.926. The van der Waals surface area contributed by atoms with Gasteiger partial charge in [0, 0.05) is 6.07 Å². The van der Waals surface area contributed by atoms with E-state index in [4.69, 9.17) is 14.2 Å². The SMILES string of the molecule is CC[NH+](Cc1nc2cc(OC)c(OC)cc2c(=O)[nH]1)Cc1cc(F)ccc1OC. The van der Waals surface area contributed by atoms with Gasteiger partial charge in [-0.3, -0.25) is 4.79 Å². The first-order valence-electron chi connectivity index (χ1n) is 9.30. The molecule has 0 fully saturated rings. The van der Waals surface area contributed by atoms with Gasteiger partial charge in [0.1, 0.15) is 24.7 Å². The molecule has 0 aliphatic heterocycles. The van der Waals surface area contributed by atoms with E-state index in [2.05, 4.69) is 9.97 Å². The molecule has 3 aromatic rings. The van der Waals surface area contributed by atoms with Crippen molar-refractivity contribution in [1.82, 2.24) is 9.97 Å². The summed E-state index contributed by atoms with van der Waals surface area (Å²) >= 11 is 0. The molecule has 0 aliphatic rings. The Kier molecular flexibility index (Phi) is 6.33. The van der Waals surface area contributed by atoms with Crippen LogP contribution in [0.1, 0.15) is 18.3 Å². The van der Waals surface area contributed by atoms with Crippen LogP contribution in [-0.4, -0.2) is 37.8 Å². The molecule has 0 amide bonds. The lowest BCUT2D eigenvalue weighted by atomic mass is 10.1. The molecular formula is C21H25FN3O4+. The van der Waals surface area contributed by atoms with E-state index in [1.54, 1.807) is 25.3 Å². The van der Waals surface area contributed by atoms with Crippen molar-refractivity contribution in [3.05, 3.63) is 57.9 Å². The van der Waals surface area contributed by atoms with Crippen molar-refractivity contribution in [2.24, 2.45) is 0 Å². The Hall–Kier alpha value is -3.13. The molecule has 1 aromatic heterocycles. The van der Waals surface area contributed by atoms with E-state index in [1.807, 2.05) is 6.92 Å². The van der Waals surface area contributed by atoms with Crippen molar-refractivity contribution < 1.29 is 23.5 Å². The fraction of sp³-hybridized carbons (Fsp3) is 0.333. The van der Waals surface area contributed by atoms with Gasteiger partial charge in [0.25, 0.3) is 5.56 Å². The van der Waals surface area contributed by atoms with Crippen LogP contribution in [0.15, 0.2) is 35.1 Å². The fourth-order valence-electron chi connectivity index (χ4n) is 3.30. The Balaban J connectivity index is 1.91. The van der Waals surface area contributed by atoms with Crippen LogP contribution in [0.25, 0.3) is 10.9 Å². The summed E-state index contributed by atoms with van der Waals surface area (Å²) < 4.78 is 29.6. The van der Waals surface area contributed by atoms with Crippen LogP contribution in [0.5, 0.6) is 17.2 Å². The number of nitrogens with zero attached hydrogens (tertiary/aromatic N) is 1. The van der Waals surface area contributed by atoms with Gasteiger partial charge in [-0.1, -0.05) is 0 Å². The molecule has 7 nitrogen and oxygen atoms in total. The Bertz CT molecular complexity index is 1070. The van der Waals surface area contributed by atoms with Crippen molar-refractivity contribution in [1.29, 1.82) is 0 Å². The number of quaternary nitrogens is 1. The second kappa shape index (κ2) is 8.91. The van der Waals surface area contributed by atoms with Gasteiger partial charge >= 0.3 is 0 Å². The van der Waals surface area contributed by atoms with Crippen LogP contribution in [0.2, 0.25) is 0 Å². The molecule has 3 rings (SSSR count). The molecule has 1 atom stereocenters. The van der Waals surface area contributed by atoms with Crippen molar-refractivity contribution in [3.63, 3.8) is 0 Å². The molecule has 2 aromatic carbocycles. The predicted molar refractivity (Wildman–Crippen MR) is 107 cm³/mol. The maximum Gasteiger partial charge on any atom is 0.259 e. The molecule has 29 heavy (non-hydrogen) atoms. The molecule has 2 N–H and O–H groups in total. The number of aromatic amines is 1. The summed E-state index contributed by atoms with van der Waals surface area (Å²) in [6.07, 6.45) is 0. The van der Waals surface area contributed by atoms with Crippen LogP contribution in [0.3, 0.4) is 0 Å². The molecule has 0 aliphatic carbocycles. The first kappa shape index (κ1) is 20.6. The summed E-state index contributed by atoms with van der Waals surface area (Å²) in [5.41, 5.74) is 1.05. The Morgan fingerprint density at radius 3 is 2.34 bits per heavy atom. The maximum atomic E-state index is 13.7. The number of aromatic nitrogens is 2. The third-order valence-corrected chi connectivity index (χ3v) is 4.86. The number of H-pyrrole nitrogens is 1. The maximum absolute atomic E-state index is 13.7. The average Bonchev–Trinajstić information content (AvgIpc) is 2.72. The van der Waals surface area contributed by atoms with E-state index >= 15 is 0 Å². The fourth-order valence-corrected chi connectivity index (χ4v) is 3.30.